The van der Waals surface area contributed by atoms with Crippen molar-refractivity contribution in [2.24, 2.45) is 0 Å². The second kappa shape index (κ2) is 9.28. The summed E-state index contributed by atoms with van der Waals surface area (Å²) in [6.45, 7) is 0.236. The van der Waals surface area contributed by atoms with E-state index in [1.807, 2.05) is 71.3 Å². The lowest BCUT2D eigenvalue weighted by Gasteiger charge is -2.10. The van der Waals surface area contributed by atoms with Crippen molar-refractivity contribution >= 4 is 17.7 Å². The predicted octanol–water partition coefficient (Wildman–Crippen LogP) is 4.48. The lowest BCUT2D eigenvalue weighted by molar-refractivity contribution is -0.141. The van der Waals surface area contributed by atoms with Crippen molar-refractivity contribution in [1.29, 1.82) is 0 Å². The van der Waals surface area contributed by atoms with E-state index in [0.717, 1.165) is 16.8 Å². The Kier molecular flexibility index (Phi) is 6.10. The zero-order chi connectivity index (χ0) is 20.8. The minimum absolute atomic E-state index is 0.109. The number of hydrogen-bond donors (Lipinski definition) is 1. The van der Waals surface area contributed by atoms with Gasteiger partial charge in [0.25, 0.3) is 0 Å². The van der Waals surface area contributed by atoms with Crippen LogP contribution in [0.3, 0.4) is 0 Å². The van der Waals surface area contributed by atoms with Crippen molar-refractivity contribution in [3.05, 3.63) is 90.5 Å². The fraction of sp³-hybridized carbons (Fsp3) is 0.0870. The molecular formula is C23H19N3O3S. The lowest BCUT2D eigenvalue weighted by Crippen LogP contribution is -2.08. The molecule has 0 saturated carbocycles. The molecule has 0 saturated heterocycles. The number of carbonyl (C=O) groups excluding carboxylic acids is 1. The molecule has 0 fully saturated rings. The summed E-state index contributed by atoms with van der Waals surface area (Å²) in [6.07, 6.45) is 0. The number of nitrogens with zero attached hydrogens (tertiary/aromatic N) is 3. The van der Waals surface area contributed by atoms with Crippen LogP contribution in [-0.2, 0) is 16.1 Å². The Bertz CT molecular complexity index is 1130. The number of ether oxygens (including phenoxy) is 1. The zero-order valence-corrected chi connectivity index (χ0v) is 16.8. The summed E-state index contributed by atoms with van der Waals surface area (Å²) in [5.74, 6) is 0.508. The van der Waals surface area contributed by atoms with Gasteiger partial charge in [0.15, 0.2) is 11.0 Å². The molecule has 3 aromatic carbocycles. The maximum atomic E-state index is 12.2. The molecule has 4 rings (SSSR count). The quantitative estimate of drug-likeness (QED) is 0.353. The normalized spacial score (nSPS) is 10.7. The molecule has 1 aromatic heterocycles. The van der Waals surface area contributed by atoms with Crippen molar-refractivity contribution in [2.45, 2.75) is 11.8 Å². The summed E-state index contributed by atoms with van der Waals surface area (Å²) in [5, 5.41) is 19.0. The van der Waals surface area contributed by atoms with Gasteiger partial charge in [-0.2, -0.15) is 0 Å². The van der Waals surface area contributed by atoms with Gasteiger partial charge in [-0.15, -0.1) is 10.2 Å². The molecule has 0 atom stereocenters. The number of esters is 1. The fourth-order valence-corrected chi connectivity index (χ4v) is 3.66. The van der Waals surface area contributed by atoms with Crippen LogP contribution in [0.4, 0.5) is 0 Å². The van der Waals surface area contributed by atoms with Gasteiger partial charge < -0.3 is 9.84 Å². The first-order valence-corrected chi connectivity index (χ1v) is 10.3. The maximum Gasteiger partial charge on any atom is 0.316 e. The van der Waals surface area contributed by atoms with E-state index in [4.69, 9.17) is 4.74 Å². The number of aromatic nitrogens is 3. The van der Waals surface area contributed by atoms with Crippen LogP contribution in [0.2, 0.25) is 0 Å². The highest BCUT2D eigenvalue weighted by molar-refractivity contribution is 7.99. The highest BCUT2D eigenvalue weighted by Gasteiger charge is 2.18. The average Bonchev–Trinajstić information content (AvgIpc) is 3.21. The van der Waals surface area contributed by atoms with E-state index in [2.05, 4.69) is 10.2 Å². The number of hydrogen-bond acceptors (Lipinski definition) is 6. The summed E-state index contributed by atoms with van der Waals surface area (Å²) >= 11 is 1.26. The van der Waals surface area contributed by atoms with Crippen molar-refractivity contribution in [3.63, 3.8) is 0 Å². The third-order valence-corrected chi connectivity index (χ3v) is 5.22. The molecule has 0 bridgehead atoms. The van der Waals surface area contributed by atoms with Crippen molar-refractivity contribution in [2.75, 3.05) is 5.75 Å². The molecule has 0 aliphatic carbocycles. The summed E-state index contributed by atoms with van der Waals surface area (Å²) in [6, 6.07) is 26.0. The number of phenolic OH excluding ortho intramolecular Hbond substituents is 1. The van der Waals surface area contributed by atoms with Crippen LogP contribution in [0.1, 0.15) is 5.56 Å². The molecule has 1 N–H and O–H groups in total. The first kappa shape index (κ1) is 19.7. The van der Waals surface area contributed by atoms with Crippen LogP contribution < -0.4 is 0 Å². The van der Waals surface area contributed by atoms with Crippen LogP contribution in [0.15, 0.2) is 90.1 Å². The lowest BCUT2D eigenvalue weighted by atomic mass is 10.2. The Labute approximate surface area is 178 Å². The molecule has 0 spiro atoms. The Morgan fingerprint density at radius 1 is 0.933 bits per heavy atom. The Hall–Kier alpha value is -3.58. The van der Waals surface area contributed by atoms with Gasteiger partial charge in [-0.05, 0) is 29.8 Å². The fourth-order valence-electron chi connectivity index (χ4n) is 2.91. The second-order valence-electron chi connectivity index (χ2n) is 6.46. The highest BCUT2D eigenvalue weighted by Crippen LogP contribution is 2.29. The number of thioether (sulfide) groups is 1. The minimum Gasteiger partial charge on any atom is -0.508 e. The van der Waals surface area contributed by atoms with E-state index in [1.54, 1.807) is 18.2 Å². The SMILES string of the molecule is O=C(CSc1nnc(-c2cccc(O)c2)n1-c1ccccc1)OCc1ccccc1. The van der Waals surface area contributed by atoms with E-state index >= 15 is 0 Å². The number of aromatic hydroxyl groups is 1. The number of phenols is 1. The van der Waals surface area contributed by atoms with Crippen molar-refractivity contribution < 1.29 is 14.6 Å². The van der Waals surface area contributed by atoms with Gasteiger partial charge in [-0.3, -0.25) is 9.36 Å². The van der Waals surface area contributed by atoms with Gasteiger partial charge in [-0.25, -0.2) is 0 Å². The maximum absolute atomic E-state index is 12.2. The third-order valence-electron chi connectivity index (χ3n) is 4.31. The van der Waals surface area contributed by atoms with Crippen molar-refractivity contribution in [3.8, 4) is 22.8 Å². The molecule has 30 heavy (non-hydrogen) atoms. The van der Waals surface area contributed by atoms with Crippen LogP contribution in [-0.4, -0.2) is 31.6 Å². The van der Waals surface area contributed by atoms with E-state index in [-0.39, 0.29) is 24.1 Å². The van der Waals surface area contributed by atoms with E-state index < -0.39 is 0 Å². The zero-order valence-electron chi connectivity index (χ0n) is 16.0. The molecule has 0 aliphatic rings. The second-order valence-corrected chi connectivity index (χ2v) is 7.40. The van der Waals surface area contributed by atoms with Gasteiger partial charge in [0.2, 0.25) is 0 Å². The molecule has 0 unspecified atom stereocenters. The van der Waals surface area contributed by atoms with Crippen LogP contribution in [0.5, 0.6) is 5.75 Å². The van der Waals surface area contributed by atoms with Gasteiger partial charge in [0.05, 0.1) is 5.75 Å². The van der Waals surface area contributed by atoms with Crippen LogP contribution >= 0.6 is 11.8 Å². The van der Waals surface area contributed by atoms with Gasteiger partial charge in [0.1, 0.15) is 12.4 Å². The number of benzene rings is 3. The molecule has 7 heteroatoms. The molecule has 0 amide bonds. The molecular weight excluding hydrogens is 398 g/mol. The highest BCUT2D eigenvalue weighted by atomic mass is 32.2. The monoisotopic (exact) mass is 417 g/mol. The van der Waals surface area contributed by atoms with Crippen LogP contribution in [0.25, 0.3) is 17.1 Å². The molecule has 1 heterocycles. The number of carbonyl (C=O) groups is 1. The predicted molar refractivity (Wildman–Crippen MR) is 115 cm³/mol. The first-order valence-electron chi connectivity index (χ1n) is 9.33. The standard InChI is InChI=1S/C23H19N3O3S/c27-20-13-7-10-18(14-20)22-24-25-23(26(22)19-11-5-2-6-12-19)30-16-21(28)29-15-17-8-3-1-4-9-17/h1-14,27H,15-16H2. The van der Waals surface area contributed by atoms with E-state index in [9.17, 15) is 9.90 Å². The molecule has 0 aliphatic heterocycles. The molecule has 4 aromatic rings. The summed E-state index contributed by atoms with van der Waals surface area (Å²) in [4.78, 5) is 12.2. The summed E-state index contributed by atoms with van der Waals surface area (Å²) in [7, 11) is 0. The van der Waals surface area contributed by atoms with Crippen LogP contribution in [0, 0.1) is 0 Å². The molecule has 150 valence electrons. The Morgan fingerprint density at radius 2 is 1.67 bits per heavy atom. The largest absolute Gasteiger partial charge is 0.508 e. The molecule has 0 radical (unpaired) electrons. The topological polar surface area (TPSA) is 77.2 Å². The van der Waals surface area contributed by atoms with Crippen molar-refractivity contribution in [1.82, 2.24) is 14.8 Å². The van der Waals surface area contributed by atoms with E-state index in [0.29, 0.717) is 11.0 Å². The Morgan fingerprint density at radius 3 is 2.40 bits per heavy atom. The van der Waals surface area contributed by atoms with Gasteiger partial charge >= 0.3 is 5.97 Å². The smallest absolute Gasteiger partial charge is 0.316 e. The number of para-hydroxylation sites is 1. The average molecular weight is 417 g/mol. The molecule has 6 nitrogen and oxygen atoms in total. The van der Waals surface area contributed by atoms with Gasteiger partial charge in [-0.1, -0.05) is 72.4 Å². The van der Waals surface area contributed by atoms with E-state index in [1.165, 1.54) is 11.8 Å². The summed E-state index contributed by atoms with van der Waals surface area (Å²) in [5.41, 5.74) is 2.53. The Balaban J connectivity index is 1.54. The summed E-state index contributed by atoms with van der Waals surface area (Å²) < 4.78 is 7.22. The first-order chi connectivity index (χ1) is 14.7. The minimum atomic E-state index is -0.328. The third kappa shape index (κ3) is 4.69. The van der Waals surface area contributed by atoms with Gasteiger partial charge in [0, 0.05) is 11.3 Å². The number of rotatable bonds is 7.